The monoisotopic (exact) mass is 295 g/mol. The molecule has 0 spiro atoms. The fourth-order valence-corrected chi connectivity index (χ4v) is 2.51. The zero-order valence-corrected chi connectivity index (χ0v) is 12.5. The van der Waals surface area contributed by atoms with Crippen molar-refractivity contribution in [1.82, 2.24) is 5.32 Å². The molecule has 17 heavy (non-hydrogen) atoms. The highest BCUT2D eigenvalue weighted by molar-refractivity contribution is 9.10. The lowest BCUT2D eigenvalue weighted by molar-refractivity contribution is 0.254. The summed E-state index contributed by atoms with van der Waals surface area (Å²) in [4.78, 5) is 0. The Hall–Kier alpha value is -0.340. The Morgan fingerprint density at radius 1 is 1.18 bits per heavy atom. The minimum atomic E-state index is 0.392. The van der Waals surface area contributed by atoms with Crippen molar-refractivity contribution < 1.29 is 0 Å². The molecule has 0 aromatic heterocycles. The summed E-state index contributed by atoms with van der Waals surface area (Å²) in [6, 6.07) is 9.50. The molecule has 1 aliphatic rings. The Kier molecular flexibility index (Phi) is 3.94. The third kappa shape index (κ3) is 3.82. The van der Waals surface area contributed by atoms with Crippen molar-refractivity contribution >= 4 is 15.9 Å². The summed E-state index contributed by atoms with van der Waals surface area (Å²) in [5.41, 5.74) is 1.88. The molecule has 0 bridgehead atoms. The van der Waals surface area contributed by atoms with Crippen LogP contribution in [-0.2, 0) is 0 Å². The first kappa shape index (κ1) is 13.1. The van der Waals surface area contributed by atoms with Crippen LogP contribution in [0.25, 0.3) is 0 Å². The summed E-state index contributed by atoms with van der Waals surface area (Å²) in [7, 11) is 0. The highest BCUT2D eigenvalue weighted by Gasteiger charge is 2.30. The topological polar surface area (TPSA) is 12.0 Å². The molecule has 0 radical (unpaired) electrons. The van der Waals surface area contributed by atoms with Crippen LogP contribution in [0.15, 0.2) is 28.7 Å². The molecule has 1 saturated carbocycles. The largest absolute Gasteiger partial charge is 0.313 e. The fourth-order valence-electron chi connectivity index (χ4n) is 2.24. The van der Waals surface area contributed by atoms with Gasteiger partial charge in [0.15, 0.2) is 0 Å². The zero-order valence-electron chi connectivity index (χ0n) is 11.0. The summed E-state index contributed by atoms with van der Waals surface area (Å²) < 4.78 is 1.17. The maximum Gasteiger partial charge on any atom is 0.0175 e. The van der Waals surface area contributed by atoms with E-state index in [0.717, 1.165) is 18.5 Å². The van der Waals surface area contributed by atoms with Crippen LogP contribution in [0, 0.1) is 5.41 Å². The van der Waals surface area contributed by atoms with Crippen molar-refractivity contribution in [2.75, 3.05) is 6.54 Å². The minimum absolute atomic E-state index is 0.392. The number of hydrogen-bond acceptors (Lipinski definition) is 1. The molecular weight excluding hydrogens is 274 g/mol. The highest BCUT2D eigenvalue weighted by Crippen LogP contribution is 2.37. The maximum absolute atomic E-state index is 3.66. The number of rotatable bonds is 3. The molecule has 2 rings (SSSR count). The molecule has 0 saturated heterocycles. The van der Waals surface area contributed by atoms with Crippen LogP contribution < -0.4 is 5.32 Å². The van der Waals surface area contributed by atoms with Gasteiger partial charge in [-0.3, -0.25) is 0 Å². The van der Waals surface area contributed by atoms with Crippen LogP contribution >= 0.6 is 15.9 Å². The lowest BCUT2D eigenvalue weighted by Crippen LogP contribution is -2.43. The average molecular weight is 296 g/mol. The maximum atomic E-state index is 3.66. The van der Waals surface area contributed by atoms with Gasteiger partial charge in [0.25, 0.3) is 0 Å². The summed E-state index contributed by atoms with van der Waals surface area (Å²) >= 11 is 3.48. The molecule has 0 aliphatic heterocycles. The van der Waals surface area contributed by atoms with Crippen LogP contribution in [0.5, 0.6) is 0 Å². The Balaban J connectivity index is 1.77. The smallest absolute Gasteiger partial charge is 0.0175 e. The van der Waals surface area contributed by atoms with Crippen molar-refractivity contribution in [3.8, 4) is 0 Å². The minimum Gasteiger partial charge on any atom is -0.313 e. The van der Waals surface area contributed by atoms with Crippen molar-refractivity contribution in [2.24, 2.45) is 5.41 Å². The molecule has 1 N–H and O–H groups in total. The summed E-state index contributed by atoms with van der Waals surface area (Å²) in [6.45, 7) is 7.96. The first-order valence-corrected chi connectivity index (χ1v) is 7.22. The highest BCUT2D eigenvalue weighted by atomic mass is 79.9. The van der Waals surface area contributed by atoms with E-state index in [1.807, 2.05) is 0 Å². The lowest BCUT2D eigenvalue weighted by atomic mass is 9.75. The zero-order chi connectivity index (χ0) is 12.5. The molecule has 1 aliphatic carbocycles. The third-order valence-electron chi connectivity index (χ3n) is 3.40. The third-order valence-corrected chi connectivity index (χ3v) is 3.93. The van der Waals surface area contributed by atoms with E-state index in [-0.39, 0.29) is 0 Å². The van der Waals surface area contributed by atoms with Gasteiger partial charge in [-0.25, -0.2) is 0 Å². The standard InChI is InChI=1S/C15H22BrN/c1-15(2,3)10-17-14-8-12(9-14)11-4-6-13(16)7-5-11/h4-7,12,14,17H,8-10H2,1-3H3. The molecule has 1 aromatic rings. The number of nitrogens with one attached hydrogen (secondary N) is 1. The molecule has 0 amide bonds. The van der Waals surface area contributed by atoms with Crippen molar-refractivity contribution in [3.05, 3.63) is 34.3 Å². The molecule has 0 unspecified atom stereocenters. The van der Waals surface area contributed by atoms with Gasteiger partial charge in [-0.05, 0) is 41.9 Å². The van der Waals surface area contributed by atoms with Gasteiger partial charge in [0, 0.05) is 17.1 Å². The Bertz CT molecular complexity index is 358. The number of benzene rings is 1. The van der Waals surface area contributed by atoms with Gasteiger partial charge in [0.2, 0.25) is 0 Å². The normalized spacial score (nSPS) is 24.5. The van der Waals surface area contributed by atoms with Crippen LogP contribution in [-0.4, -0.2) is 12.6 Å². The van der Waals surface area contributed by atoms with E-state index in [2.05, 4.69) is 66.3 Å². The summed E-state index contributed by atoms with van der Waals surface area (Å²) in [5, 5.41) is 3.66. The predicted octanol–water partition coefficient (Wildman–Crippen LogP) is 4.33. The van der Waals surface area contributed by atoms with Crippen molar-refractivity contribution in [2.45, 2.75) is 45.6 Å². The van der Waals surface area contributed by atoms with Gasteiger partial charge in [-0.1, -0.05) is 48.8 Å². The fraction of sp³-hybridized carbons (Fsp3) is 0.600. The van der Waals surface area contributed by atoms with Gasteiger partial charge < -0.3 is 5.32 Å². The van der Waals surface area contributed by atoms with Gasteiger partial charge >= 0.3 is 0 Å². The SMILES string of the molecule is CC(C)(C)CNC1CC(c2ccc(Br)cc2)C1. The van der Waals surface area contributed by atoms with Crippen LogP contribution in [0.1, 0.15) is 45.1 Å². The van der Waals surface area contributed by atoms with Crippen LogP contribution in [0.4, 0.5) is 0 Å². The number of hydrogen-bond donors (Lipinski definition) is 1. The second kappa shape index (κ2) is 5.11. The second-order valence-corrected chi connectivity index (χ2v) is 7.27. The first-order valence-electron chi connectivity index (χ1n) is 6.43. The van der Waals surface area contributed by atoms with E-state index < -0.39 is 0 Å². The molecule has 1 aromatic carbocycles. The van der Waals surface area contributed by atoms with Crippen LogP contribution in [0.2, 0.25) is 0 Å². The predicted molar refractivity (Wildman–Crippen MR) is 77.4 cm³/mol. The Morgan fingerprint density at radius 2 is 1.76 bits per heavy atom. The van der Waals surface area contributed by atoms with Gasteiger partial charge in [0.05, 0.1) is 0 Å². The second-order valence-electron chi connectivity index (χ2n) is 6.36. The molecule has 1 nitrogen and oxygen atoms in total. The van der Waals surface area contributed by atoms with Gasteiger partial charge in [-0.2, -0.15) is 0 Å². The van der Waals surface area contributed by atoms with Gasteiger partial charge in [0.1, 0.15) is 0 Å². The van der Waals surface area contributed by atoms with E-state index in [4.69, 9.17) is 0 Å². The van der Waals surface area contributed by atoms with E-state index in [9.17, 15) is 0 Å². The molecule has 0 heterocycles. The Morgan fingerprint density at radius 3 is 2.29 bits per heavy atom. The summed E-state index contributed by atoms with van der Waals surface area (Å²) in [6.07, 6.45) is 2.58. The molecular formula is C15H22BrN. The van der Waals surface area contributed by atoms with E-state index >= 15 is 0 Å². The molecule has 94 valence electrons. The van der Waals surface area contributed by atoms with Crippen LogP contribution in [0.3, 0.4) is 0 Å². The molecule has 2 heteroatoms. The van der Waals surface area contributed by atoms with Crippen molar-refractivity contribution in [1.29, 1.82) is 0 Å². The average Bonchev–Trinajstić information content (AvgIpc) is 2.16. The quantitative estimate of drug-likeness (QED) is 0.875. The van der Waals surface area contributed by atoms with E-state index in [1.54, 1.807) is 0 Å². The first-order chi connectivity index (χ1) is 7.94. The number of halogens is 1. The van der Waals surface area contributed by atoms with E-state index in [0.29, 0.717) is 5.41 Å². The summed E-state index contributed by atoms with van der Waals surface area (Å²) in [5.74, 6) is 0.764. The van der Waals surface area contributed by atoms with E-state index in [1.165, 1.54) is 22.9 Å². The van der Waals surface area contributed by atoms with Crippen molar-refractivity contribution in [3.63, 3.8) is 0 Å². The van der Waals surface area contributed by atoms with Gasteiger partial charge in [-0.15, -0.1) is 0 Å². The molecule has 0 atom stereocenters. The molecule has 1 fully saturated rings. The Labute approximate surface area is 113 Å². The lowest BCUT2D eigenvalue weighted by Gasteiger charge is -2.38.